The molecular formula is C30H24. The highest BCUT2D eigenvalue weighted by Crippen LogP contribution is 2.36. The molecule has 0 aliphatic rings. The van der Waals surface area contributed by atoms with Crippen molar-refractivity contribution in [2.45, 2.75) is 26.7 Å². The lowest BCUT2D eigenvalue weighted by molar-refractivity contribution is 1.16. The van der Waals surface area contributed by atoms with Crippen molar-refractivity contribution in [1.82, 2.24) is 0 Å². The fourth-order valence-electron chi connectivity index (χ4n) is 5.17. The van der Waals surface area contributed by atoms with Crippen LogP contribution in [0.4, 0.5) is 0 Å². The molecule has 0 radical (unpaired) electrons. The van der Waals surface area contributed by atoms with Gasteiger partial charge in [0.25, 0.3) is 0 Å². The largest absolute Gasteiger partial charge is 0.0614 e. The van der Waals surface area contributed by atoms with Crippen LogP contribution in [0.5, 0.6) is 0 Å². The quantitative estimate of drug-likeness (QED) is 0.207. The number of benzene rings is 6. The van der Waals surface area contributed by atoms with Crippen molar-refractivity contribution in [3.05, 3.63) is 96.1 Å². The van der Waals surface area contributed by atoms with Crippen LogP contribution in [0.1, 0.15) is 25.0 Å². The molecule has 0 N–H and O–H groups in total. The van der Waals surface area contributed by atoms with Crippen LogP contribution in [0, 0.1) is 0 Å². The van der Waals surface area contributed by atoms with Gasteiger partial charge >= 0.3 is 0 Å². The van der Waals surface area contributed by atoms with Crippen molar-refractivity contribution in [1.29, 1.82) is 0 Å². The summed E-state index contributed by atoms with van der Waals surface area (Å²) >= 11 is 0. The van der Waals surface area contributed by atoms with Crippen LogP contribution in [0.25, 0.3) is 53.9 Å². The summed E-state index contributed by atoms with van der Waals surface area (Å²) in [7, 11) is 0. The first kappa shape index (κ1) is 17.5. The molecule has 30 heavy (non-hydrogen) atoms. The molecule has 6 rings (SSSR count). The number of rotatable bonds is 2. The molecule has 0 aliphatic carbocycles. The van der Waals surface area contributed by atoms with E-state index in [2.05, 4.69) is 98.8 Å². The predicted molar refractivity (Wildman–Crippen MR) is 133 cm³/mol. The Kier molecular flexibility index (Phi) is 3.83. The van der Waals surface area contributed by atoms with Gasteiger partial charge in [-0.3, -0.25) is 0 Å². The predicted octanol–water partition coefficient (Wildman–Crippen LogP) is 8.58. The Morgan fingerprint density at radius 3 is 1.27 bits per heavy atom. The summed E-state index contributed by atoms with van der Waals surface area (Å²) in [5, 5.41) is 13.5. The molecule has 0 aromatic heterocycles. The van der Waals surface area contributed by atoms with Gasteiger partial charge < -0.3 is 0 Å². The molecule has 0 nitrogen and oxygen atoms in total. The van der Waals surface area contributed by atoms with Crippen molar-refractivity contribution in [3.63, 3.8) is 0 Å². The molecule has 0 aliphatic heterocycles. The lowest BCUT2D eigenvalue weighted by Crippen LogP contribution is -1.87. The molecule has 0 saturated carbocycles. The molecule has 144 valence electrons. The van der Waals surface area contributed by atoms with Crippen LogP contribution in [0.2, 0.25) is 0 Å². The first-order valence-electron chi connectivity index (χ1n) is 11.0. The van der Waals surface area contributed by atoms with Crippen molar-refractivity contribution in [2.75, 3.05) is 0 Å². The van der Waals surface area contributed by atoms with E-state index in [4.69, 9.17) is 0 Å². The normalized spacial score (nSPS) is 11.9. The monoisotopic (exact) mass is 384 g/mol. The molecule has 0 heterocycles. The molecule has 6 aromatic carbocycles. The molecule has 0 unspecified atom stereocenters. The van der Waals surface area contributed by atoms with Crippen molar-refractivity contribution in [3.8, 4) is 0 Å². The van der Waals surface area contributed by atoms with Gasteiger partial charge in [-0.2, -0.15) is 0 Å². The standard InChI is InChI=1S/C30H24/c1-3-19-7-5-9-21-15-23-11-14-26-25(29(23)17-27(19)21)13-12-24-16-22-10-6-8-20(4-2)28(22)18-30(24)26/h5-18H,3-4H2,1-2H3. The summed E-state index contributed by atoms with van der Waals surface area (Å²) in [5.74, 6) is 0. The summed E-state index contributed by atoms with van der Waals surface area (Å²) in [5.41, 5.74) is 2.84. The lowest BCUT2D eigenvalue weighted by atomic mass is 9.92. The van der Waals surface area contributed by atoms with Crippen molar-refractivity contribution in [2.24, 2.45) is 0 Å². The zero-order valence-corrected chi connectivity index (χ0v) is 17.5. The first-order valence-corrected chi connectivity index (χ1v) is 11.0. The van der Waals surface area contributed by atoms with Gasteiger partial charge in [0.15, 0.2) is 0 Å². The van der Waals surface area contributed by atoms with E-state index in [1.807, 2.05) is 0 Å². The van der Waals surface area contributed by atoms with E-state index >= 15 is 0 Å². The number of aryl methyl sites for hydroxylation is 2. The molecular weight excluding hydrogens is 360 g/mol. The zero-order valence-electron chi connectivity index (χ0n) is 17.5. The van der Waals surface area contributed by atoms with E-state index in [0.717, 1.165) is 12.8 Å². The topological polar surface area (TPSA) is 0 Å². The highest BCUT2D eigenvalue weighted by molar-refractivity contribution is 6.21. The molecule has 6 aromatic rings. The van der Waals surface area contributed by atoms with Gasteiger partial charge in [0.05, 0.1) is 0 Å². The van der Waals surface area contributed by atoms with Gasteiger partial charge in [-0.25, -0.2) is 0 Å². The third-order valence-corrected chi connectivity index (χ3v) is 6.77. The summed E-state index contributed by atoms with van der Waals surface area (Å²) < 4.78 is 0. The summed E-state index contributed by atoms with van der Waals surface area (Å²) in [4.78, 5) is 0. The summed E-state index contributed by atoms with van der Waals surface area (Å²) in [6, 6.07) is 32.1. The minimum absolute atomic E-state index is 1.06. The second-order valence-electron chi connectivity index (χ2n) is 8.36. The van der Waals surface area contributed by atoms with Crippen molar-refractivity contribution >= 4 is 53.9 Å². The Morgan fingerprint density at radius 1 is 0.400 bits per heavy atom. The van der Waals surface area contributed by atoms with E-state index in [9.17, 15) is 0 Å². The fraction of sp³-hybridized carbons (Fsp3) is 0.133. The van der Waals surface area contributed by atoms with Crippen molar-refractivity contribution < 1.29 is 0 Å². The van der Waals surface area contributed by atoms with E-state index in [-0.39, 0.29) is 0 Å². The molecule has 0 amide bonds. The van der Waals surface area contributed by atoms with E-state index in [1.54, 1.807) is 0 Å². The molecule has 0 heteroatoms. The lowest BCUT2D eigenvalue weighted by Gasteiger charge is -2.12. The molecule has 0 atom stereocenters. The maximum absolute atomic E-state index is 2.41. The molecule has 0 spiro atoms. The van der Waals surface area contributed by atoms with Crippen LogP contribution >= 0.6 is 0 Å². The average Bonchev–Trinajstić information content (AvgIpc) is 2.80. The minimum atomic E-state index is 1.06. The summed E-state index contributed by atoms with van der Waals surface area (Å²) in [6.07, 6.45) is 2.12. The van der Waals surface area contributed by atoms with Gasteiger partial charge in [-0.15, -0.1) is 0 Å². The second-order valence-corrected chi connectivity index (χ2v) is 8.36. The number of hydrogen-bond acceptors (Lipinski definition) is 0. The Hall–Kier alpha value is -3.38. The second kappa shape index (κ2) is 6.57. The van der Waals surface area contributed by atoms with E-state index in [1.165, 1.54) is 65.0 Å². The van der Waals surface area contributed by atoms with Gasteiger partial charge in [-0.1, -0.05) is 74.5 Å². The molecule has 0 fully saturated rings. The fourth-order valence-corrected chi connectivity index (χ4v) is 5.17. The first-order chi connectivity index (χ1) is 14.8. The molecule has 0 saturated heterocycles. The highest BCUT2D eigenvalue weighted by atomic mass is 14.1. The Bertz CT molecular complexity index is 1480. The van der Waals surface area contributed by atoms with E-state index in [0.29, 0.717) is 0 Å². The van der Waals surface area contributed by atoms with Gasteiger partial charge in [0.2, 0.25) is 0 Å². The summed E-state index contributed by atoms with van der Waals surface area (Å²) in [6.45, 7) is 4.48. The van der Waals surface area contributed by atoms with Crippen LogP contribution < -0.4 is 0 Å². The van der Waals surface area contributed by atoms with Crippen LogP contribution in [-0.4, -0.2) is 0 Å². The Balaban J connectivity index is 1.76. The smallest absolute Gasteiger partial charge is 0.00987 e. The van der Waals surface area contributed by atoms with Crippen LogP contribution in [0.15, 0.2) is 84.9 Å². The number of hydrogen-bond donors (Lipinski definition) is 0. The van der Waals surface area contributed by atoms with Gasteiger partial charge in [-0.05, 0) is 102 Å². The van der Waals surface area contributed by atoms with Gasteiger partial charge in [0.1, 0.15) is 0 Å². The zero-order chi connectivity index (χ0) is 20.2. The average molecular weight is 385 g/mol. The third-order valence-electron chi connectivity index (χ3n) is 6.77. The number of fused-ring (bicyclic) bond motifs is 7. The SMILES string of the molecule is CCc1cccc2cc3ccc4c5cc6c(CC)cccc6cc5ccc4c3cc12. The van der Waals surface area contributed by atoms with Gasteiger partial charge in [0, 0.05) is 0 Å². The Labute approximate surface area is 176 Å². The Morgan fingerprint density at radius 2 is 0.833 bits per heavy atom. The maximum atomic E-state index is 2.41. The van der Waals surface area contributed by atoms with Crippen LogP contribution in [-0.2, 0) is 12.8 Å². The maximum Gasteiger partial charge on any atom is -0.00987 e. The third kappa shape index (κ3) is 2.47. The minimum Gasteiger partial charge on any atom is -0.0614 e. The molecule has 0 bridgehead atoms. The van der Waals surface area contributed by atoms with E-state index < -0.39 is 0 Å². The highest BCUT2D eigenvalue weighted by Gasteiger charge is 2.09. The van der Waals surface area contributed by atoms with Crippen LogP contribution in [0.3, 0.4) is 0 Å².